The molecule has 10 nitrogen and oxygen atoms in total. The Morgan fingerprint density at radius 1 is 1.02 bits per heavy atom. The number of amides is 2. The van der Waals surface area contributed by atoms with Gasteiger partial charge in [-0.2, -0.15) is 4.31 Å². The molecule has 45 heavy (non-hydrogen) atoms. The Balaban J connectivity index is 1.65. The third-order valence-electron chi connectivity index (χ3n) is 7.28. The van der Waals surface area contributed by atoms with Crippen LogP contribution >= 0.6 is 0 Å². The molecule has 0 bridgehead atoms. The normalized spacial score (nSPS) is 13.0. The van der Waals surface area contributed by atoms with Gasteiger partial charge < -0.3 is 26.2 Å². The average Bonchev–Trinajstić information content (AvgIpc) is 3.01. The number of sulfonamides is 1. The number of aliphatic hydroxyl groups is 1. The summed E-state index contributed by atoms with van der Waals surface area (Å²) in [7, 11) is -2.68. The highest BCUT2D eigenvalue weighted by molar-refractivity contribution is 7.89. The summed E-state index contributed by atoms with van der Waals surface area (Å²) in [5.74, 6) is -0.796. The standard InChI is InChI=1S/C33H43FN4O6S/c1-23(2)21-38(45(42,43)29-16-14-27(35)15-17-29)28(22-39)12-6-7-18-36-32(40)31(37-33(41)44-3)20-25-9-4-5-13-30(25)24-10-8-11-26(34)19-24/h4-5,8-11,13-17,19,23,28,31,39H,6-7,12,18,20-22,35H2,1-3H3,(H,36,40)(H,37,41)/t28-,31-/m0/s1. The van der Waals surface area contributed by atoms with Crippen molar-refractivity contribution in [2.24, 2.45) is 5.92 Å². The number of methoxy groups -OCH3 is 1. The average molecular weight is 643 g/mol. The van der Waals surface area contributed by atoms with Crippen LogP contribution in [0.3, 0.4) is 0 Å². The zero-order valence-electron chi connectivity index (χ0n) is 25.9. The lowest BCUT2D eigenvalue weighted by molar-refractivity contribution is -0.123. The summed E-state index contributed by atoms with van der Waals surface area (Å²) in [6.45, 7) is 3.95. The van der Waals surface area contributed by atoms with E-state index in [1.54, 1.807) is 18.2 Å². The highest BCUT2D eigenvalue weighted by atomic mass is 32.2. The molecule has 0 aliphatic rings. The first-order valence-corrected chi connectivity index (χ1v) is 16.3. The monoisotopic (exact) mass is 642 g/mol. The van der Waals surface area contributed by atoms with Crippen LogP contribution in [-0.2, 0) is 26.0 Å². The molecule has 0 saturated carbocycles. The molecule has 3 rings (SSSR count). The number of aliphatic hydroxyl groups excluding tert-OH is 1. The molecular weight excluding hydrogens is 599 g/mol. The second-order valence-corrected chi connectivity index (χ2v) is 13.1. The number of anilines is 1. The first-order valence-electron chi connectivity index (χ1n) is 14.9. The first kappa shape index (κ1) is 35.5. The second-order valence-electron chi connectivity index (χ2n) is 11.2. The van der Waals surface area contributed by atoms with E-state index in [1.165, 1.54) is 47.8 Å². The van der Waals surface area contributed by atoms with Crippen LogP contribution in [0.2, 0.25) is 0 Å². The van der Waals surface area contributed by atoms with E-state index in [4.69, 9.17) is 10.5 Å². The molecule has 0 aromatic heterocycles. The van der Waals surface area contributed by atoms with E-state index in [0.29, 0.717) is 30.5 Å². The Kier molecular flexibility index (Phi) is 13.3. The van der Waals surface area contributed by atoms with Crippen LogP contribution in [0.15, 0.2) is 77.7 Å². The molecule has 0 saturated heterocycles. The fourth-order valence-electron chi connectivity index (χ4n) is 5.01. The minimum Gasteiger partial charge on any atom is -0.453 e. The van der Waals surface area contributed by atoms with Crippen molar-refractivity contribution in [3.05, 3.63) is 84.2 Å². The van der Waals surface area contributed by atoms with Crippen molar-refractivity contribution < 1.29 is 32.2 Å². The summed E-state index contributed by atoms with van der Waals surface area (Å²) >= 11 is 0. The van der Waals surface area contributed by atoms with Crippen LogP contribution in [0, 0.1) is 11.7 Å². The van der Waals surface area contributed by atoms with E-state index in [9.17, 15) is 27.5 Å². The third-order valence-corrected chi connectivity index (χ3v) is 9.22. The summed E-state index contributed by atoms with van der Waals surface area (Å²) in [5.41, 5.74) is 8.29. The predicted molar refractivity (Wildman–Crippen MR) is 172 cm³/mol. The molecule has 5 N–H and O–H groups in total. The lowest BCUT2D eigenvalue weighted by Gasteiger charge is -2.31. The number of unbranched alkanes of at least 4 members (excludes halogenated alkanes) is 1. The summed E-state index contributed by atoms with van der Waals surface area (Å²) in [5, 5.41) is 15.6. The van der Waals surface area contributed by atoms with Crippen LogP contribution in [0.4, 0.5) is 14.9 Å². The van der Waals surface area contributed by atoms with Gasteiger partial charge in [-0.3, -0.25) is 4.79 Å². The van der Waals surface area contributed by atoms with Gasteiger partial charge in [0.05, 0.1) is 18.6 Å². The molecule has 0 unspecified atom stereocenters. The summed E-state index contributed by atoms with van der Waals surface area (Å²) in [6.07, 6.45) is 0.766. The van der Waals surface area contributed by atoms with Crippen LogP contribution in [0.5, 0.6) is 0 Å². The van der Waals surface area contributed by atoms with Crippen molar-refractivity contribution in [2.75, 3.05) is 32.5 Å². The maximum absolute atomic E-state index is 13.9. The first-order chi connectivity index (χ1) is 21.5. The van der Waals surface area contributed by atoms with Gasteiger partial charge in [0.25, 0.3) is 0 Å². The fraction of sp³-hybridized carbons (Fsp3) is 0.394. The lowest BCUT2D eigenvalue weighted by Crippen LogP contribution is -2.48. The summed E-state index contributed by atoms with van der Waals surface area (Å²) in [6, 6.07) is 17.7. The smallest absolute Gasteiger partial charge is 0.407 e. The lowest BCUT2D eigenvalue weighted by atomic mass is 9.94. The largest absolute Gasteiger partial charge is 0.453 e. The quantitative estimate of drug-likeness (QED) is 0.134. The van der Waals surface area contributed by atoms with E-state index < -0.39 is 34.1 Å². The zero-order chi connectivity index (χ0) is 33.0. The maximum Gasteiger partial charge on any atom is 0.407 e. The second kappa shape index (κ2) is 16.9. The van der Waals surface area contributed by atoms with Crippen LogP contribution in [0.25, 0.3) is 11.1 Å². The van der Waals surface area contributed by atoms with Crippen molar-refractivity contribution in [1.29, 1.82) is 0 Å². The Hall–Kier alpha value is -4.00. The molecule has 2 amide bonds. The van der Waals surface area contributed by atoms with E-state index in [-0.39, 0.29) is 42.7 Å². The molecule has 2 atom stereocenters. The van der Waals surface area contributed by atoms with Crippen molar-refractivity contribution in [3.63, 3.8) is 0 Å². The van der Waals surface area contributed by atoms with Crippen LogP contribution < -0.4 is 16.4 Å². The van der Waals surface area contributed by atoms with Crippen LogP contribution in [-0.4, -0.2) is 68.7 Å². The topological polar surface area (TPSA) is 151 Å². The maximum atomic E-state index is 13.9. The summed E-state index contributed by atoms with van der Waals surface area (Å²) in [4.78, 5) is 25.4. The minimum atomic E-state index is -3.89. The molecule has 0 aliphatic carbocycles. The minimum absolute atomic E-state index is 0.0205. The third kappa shape index (κ3) is 10.3. The van der Waals surface area contributed by atoms with Crippen LogP contribution in [0.1, 0.15) is 38.7 Å². The molecular formula is C33H43FN4O6S. The SMILES string of the molecule is COC(=O)N[C@@H](Cc1ccccc1-c1cccc(F)c1)C(=O)NCCCC[C@@H](CO)N(CC(C)C)S(=O)(=O)c1ccc(N)cc1. The number of carbonyl (C=O) groups excluding carboxylic acids is 2. The van der Waals surface area contributed by atoms with Crippen molar-refractivity contribution in [2.45, 2.75) is 56.5 Å². The number of nitrogens with one attached hydrogen (secondary N) is 2. The van der Waals surface area contributed by atoms with Gasteiger partial charge in [-0.25, -0.2) is 17.6 Å². The highest BCUT2D eigenvalue weighted by Crippen LogP contribution is 2.26. The number of rotatable bonds is 16. The molecule has 3 aromatic carbocycles. The van der Waals surface area contributed by atoms with Crippen molar-refractivity contribution in [3.8, 4) is 11.1 Å². The molecule has 0 heterocycles. The zero-order valence-corrected chi connectivity index (χ0v) is 26.7. The predicted octanol–water partition coefficient (Wildman–Crippen LogP) is 4.34. The number of hydrogen-bond acceptors (Lipinski definition) is 7. The van der Waals surface area contributed by atoms with Gasteiger partial charge >= 0.3 is 6.09 Å². The molecule has 0 radical (unpaired) electrons. The molecule has 0 aliphatic heterocycles. The van der Waals surface area contributed by atoms with E-state index in [2.05, 4.69) is 10.6 Å². The Labute approximate surface area is 264 Å². The number of nitrogens with zero attached hydrogens (tertiary/aromatic N) is 1. The summed E-state index contributed by atoms with van der Waals surface area (Å²) < 4.78 is 47.0. The Bertz CT molecular complexity index is 1520. The Morgan fingerprint density at radius 3 is 2.38 bits per heavy atom. The number of alkyl carbamates (subject to hydrolysis) is 1. The molecule has 0 spiro atoms. The van der Waals surface area contributed by atoms with Gasteiger partial charge in [0, 0.05) is 31.2 Å². The van der Waals surface area contributed by atoms with Crippen molar-refractivity contribution >= 4 is 27.7 Å². The molecule has 12 heteroatoms. The fourth-order valence-corrected chi connectivity index (χ4v) is 6.82. The van der Waals surface area contributed by atoms with E-state index in [0.717, 1.165) is 11.1 Å². The van der Waals surface area contributed by atoms with Gasteiger partial charge in [-0.1, -0.05) is 56.7 Å². The number of halogens is 1. The number of nitrogen functional groups attached to an aromatic ring is 1. The number of carbonyl (C=O) groups is 2. The number of ether oxygens (including phenoxy) is 1. The number of benzene rings is 3. The molecule has 244 valence electrons. The number of nitrogens with two attached hydrogens (primary N) is 1. The van der Waals surface area contributed by atoms with Gasteiger partial charge in [-0.15, -0.1) is 0 Å². The highest BCUT2D eigenvalue weighted by Gasteiger charge is 2.31. The van der Waals surface area contributed by atoms with E-state index in [1.807, 2.05) is 32.0 Å². The molecule has 0 fully saturated rings. The number of hydrogen-bond donors (Lipinski definition) is 4. The Morgan fingerprint density at radius 2 is 1.73 bits per heavy atom. The van der Waals surface area contributed by atoms with Gasteiger partial charge in [0.2, 0.25) is 15.9 Å². The van der Waals surface area contributed by atoms with Gasteiger partial charge in [0.1, 0.15) is 11.9 Å². The van der Waals surface area contributed by atoms with E-state index >= 15 is 0 Å². The van der Waals surface area contributed by atoms with Gasteiger partial charge in [-0.05, 0) is 71.8 Å². The van der Waals surface area contributed by atoms with Gasteiger partial charge in [0.15, 0.2) is 0 Å². The van der Waals surface area contributed by atoms with Crippen molar-refractivity contribution in [1.82, 2.24) is 14.9 Å². The molecule has 3 aromatic rings.